The topological polar surface area (TPSA) is 175 Å². The third-order valence-corrected chi connectivity index (χ3v) is 11.8. The molecule has 1 heterocycles. The molecule has 1 saturated heterocycles. The van der Waals surface area contributed by atoms with Crippen molar-refractivity contribution in [3.05, 3.63) is 109 Å². The molecule has 12 heteroatoms. The van der Waals surface area contributed by atoms with Gasteiger partial charge in [-0.05, 0) is 96.3 Å². The molecule has 12 nitrogen and oxygen atoms in total. The molecule has 1 aliphatic heterocycles. The molecule has 0 saturated carbocycles. The molecule has 1 aliphatic rings. The number of unbranched alkanes of at least 4 members (excludes halogenated alkanes) is 13. The summed E-state index contributed by atoms with van der Waals surface area (Å²) in [7, 11) is 0. The van der Waals surface area contributed by atoms with Gasteiger partial charge in [0.1, 0.15) is 18.8 Å². The van der Waals surface area contributed by atoms with E-state index in [4.69, 9.17) is 23.7 Å². The minimum atomic E-state index is -1.94. The first-order valence-corrected chi connectivity index (χ1v) is 27.9. The van der Waals surface area contributed by atoms with E-state index in [-0.39, 0.29) is 25.9 Å². The Morgan fingerprint density at radius 2 is 0.890 bits per heavy atom. The first-order valence-electron chi connectivity index (χ1n) is 27.9. The molecule has 0 spiro atoms. The Morgan fingerprint density at radius 3 is 1.37 bits per heavy atom. The van der Waals surface area contributed by atoms with E-state index in [0.29, 0.717) is 32.1 Å². The van der Waals surface area contributed by atoms with E-state index < -0.39 is 67.3 Å². The van der Waals surface area contributed by atoms with Gasteiger partial charge in [0.2, 0.25) is 0 Å². The van der Waals surface area contributed by atoms with Crippen LogP contribution in [0.5, 0.6) is 0 Å². The summed E-state index contributed by atoms with van der Waals surface area (Å²) in [5, 5.41) is 31.4. The Kier molecular flexibility index (Phi) is 44.0. The fraction of sp³-hybridized carbons (Fsp3) is 0.639. The summed E-state index contributed by atoms with van der Waals surface area (Å²) < 4.78 is 28.2. The van der Waals surface area contributed by atoms with Crippen LogP contribution in [0.25, 0.3) is 0 Å². The lowest BCUT2D eigenvalue weighted by Crippen LogP contribution is -2.61. The van der Waals surface area contributed by atoms with E-state index in [1.54, 1.807) is 0 Å². The molecule has 0 aromatic carbocycles. The van der Waals surface area contributed by atoms with Crippen LogP contribution < -0.4 is 0 Å². The van der Waals surface area contributed by atoms with Crippen molar-refractivity contribution in [2.45, 2.75) is 237 Å². The van der Waals surface area contributed by atoms with Crippen molar-refractivity contribution >= 4 is 23.9 Å². The zero-order chi connectivity index (χ0) is 53.3. The van der Waals surface area contributed by atoms with Crippen LogP contribution in [0.2, 0.25) is 0 Å². The Hall–Kier alpha value is -4.62. The molecule has 6 atom stereocenters. The Bertz CT molecular complexity index is 1690. The normalized spacial score (nSPS) is 19.2. The Labute approximate surface area is 440 Å². The maximum Gasteiger partial charge on any atom is 0.335 e. The number of carboxylic acids is 1. The van der Waals surface area contributed by atoms with Crippen LogP contribution >= 0.6 is 0 Å². The lowest BCUT2D eigenvalue weighted by molar-refractivity contribution is -0.301. The molecule has 412 valence electrons. The molecule has 3 N–H and O–H groups in total. The standard InChI is InChI=1S/C61H96O12/c1-4-7-10-13-16-19-22-25-26-27-28-31-32-35-38-41-44-47-53(62)69-50-52(71-54(63)48-45-42-39-36-33-29-23-20-17-14-11-8-5-2)51-70-61-59(57(66)56(65)58(73-61)60(67)68)72-55(64)49-46-43-40-37-34-30-24-21-18-15-12-9-6-3/h8-9,11-12,17-18,20-21,25-26,29-30,33-34,39-40,42-43,52,56-59,61,65-66H,4-7,10,13-16,19,22-24,27-28,31-32,35-38,41,44-51H2,1-3H3,(H,67,68)/b11-8-,12-9-,20-17-,21-18-,26-25-,33-29-,34-30-,42-39-,43-40-. The van der Waals surface area contributed by atoms with Gasteiger partial charge in [-0.15, -0.1) is 0 Å². The van der Waals surface area contributed by atoms with Gasteiger partial charge in [-0.1, -0.05) is 194 Å². The van der Waals surface area contributed by atoms with Crippen molar-refractivity contribution in [1.82, 2.24) is 0 Å². The van der Waals surface area contributed by atoms with E-state index in [1.165, 1.54) is 57.8 Å². The number of aliphatic hydroxyl groups is 2. The fourth-order valence-electron chi connectivity index (χ4n) is 7.62. The number of aliphatic hydroxyl groups excluding tert-OH is 2. The van der Waals surface area contributed by atoms with Gasteiger partial charge >= 0.3 is 23.9 Å². The van der Waals surface area contributed by atoms with E-state index in [2.05, 4.69) is 99.8 Å². The lowest BCUT2D eigenvalue weighted by atomic mass is 9.98. The predicted octanol–water partition coefficient (Wildman–Crippen LogP) is 13.9. The molecule has 0 aromatic rings. The first-order chi connectivity index (χ1) is 35.6. The molecule has 0 aliphatic carbocycles. The smallest absolute Gasteiger partial charge is 0.335 e. The molecule has 0 bridgehead atoms. The second-order valence-corrected chi connectivity index (χ2v) is 18.4. The number of carbonyl (C=O) groups excluding carboxylic acids is 3. The Morgan fingerprint density at radius 1 is 0.466 bits per heavy atom. The number of hydrogen-bond acceptors (Lipinski definition) is 11. The summed E-state index contributed by atoms with van der Waals surface area (Å²) in [5.74, 6) is -3.36. The van der Waals surface area contributed by atoms with Crippen LogP contribution in [-0.2, 0) is 42.9 Å². The fourth-order valence-corrected chi connectivity index (χ4v) is 7.62. The highest BCUT2D eigenvalue weighted by Gasteiger charge is 2.50. The highest BCUT2D eigenvalue weighted by molar-refractivity contribution is 5.74. The Balaban J connectivity index is 2.78. The van der Waals surface area contributed by atoms with Crippen molar-refractivity contribution in [3.8, 4) is 0 Å². The van der Waals surface area contributed by atoms with Crippen LogP contribution in [0.15, 0.2) is 109 Å². The van der Waals surface area contributed by atoms with Crippen molar-refractivity contribution in [3.63, 3.8) is 0 Å². The average molecular weight is 1020 g/mol. The highest BCUT2D eigenvalue weighted by Crippen LogP contribution is 2.26. The monoisotopic (exact) mass is 1020 g/mol. The van der Waals surface area contributed by atoms with Crippen LogP contribution in [-0.4, -0.2) is 89.2 Å². The molecule has 1 fully saturated rings. The SMILES string of the molecule is CC/C=C\C/C=C\C/C=C\C/C=C\CCC(=O)OC(COC(=O)CCCCCCCCC/C=C\CCCCCCCC)COC1OC(C(=O)O)C(O)C(O)C1OC(=O)CC/C=C\C/C=C\C/C=C\C/C=C\CC. The van der Waals surface area contributed by atoms with E-state index in [0.717, 1.165) is 70.6 Å². The van der Waals surface area contributed by atoms with Gasteiger partial charge in [0.05, 0.1) is 6.61 Å². The van der Waals surface area contributed by atoms with Gasteiger partial charge in [0, 0.05) is 19.3 Å². The second-order valence-electron chi connectivity index (χ2n) is 18.4. The van der Waals surface area contributed by atoms with Gasteiger partial charge in [0.25, 0.3) is 0 Å². The van der Waals surface area contributed by atoms with Gasteiger partial charge in [-0.25, -0.2) is 4.79 Å². The van der Waals surface area contributed by atoms with Crippen molar-refractivity contribution in [1.29, 1.82) is 0 Å². The van der Waals surface area contributed by atoms with Crippen molar-refractivity contribution < 1.29 is 58.2 Å². The summed E-state index contributed by atoms with van der Waals surface area (Å²) in [6.07, 6.45) is 52.5. The van der Waals surface area contributed by atoms with Crippen molar-refractivity contribution in [2.75, 3.05) is 13.2 Å². The number of ether oxygens (including phenoxy) is 5. The third kappa shape index (κ3) is 38.6. The average Bonchev–Trinajstić information content (AvgIpc) is 3.37. The van der Waals surface area contributed by atoms with Crippen LogP contribution in [0.3, 0.4) is 0 Å². The molecular formula is C61H96O12. The maximum absolute atomic E-state index is 13.1. The van der Waals surface area contributed by atoms with E-state index >= 15 is 0 Å². The number of carbonyl (C=O) groups is 4. The van der Waals surface area contributed by atoms with Crippen LogP contribution in [0.4, 0.5) is 0 Å². The summed E-state index contributed by atoms with van der Waals surface area (Å²) in [5.41, 5.74) is 0. The molecule has 1 rings (SSSR count). The maximum atomic E-state index is 13.1. The molecular weight excluding hydrogens is 925 g/mol. The number of carboxylic acid groups (broad SMARTS) is 1. The molecule has 6 unspecified atom stereocenters. The summed E-state index contributed by atoms with van der Waals surface area (Å²) in [4.78, 5) is 50.9. The summed E-state index contributed by atoms with van der Waals surface area (Å²) in [6.45, 7) is 5.63. The van der Waals surface area contributed by atoms with Gasteiger partial charge < -0.3 is 39.0 Å². The number of esters is 3. The molecule has 0 amide bonds. The summed E-state index contributed by atoms with van der Waals surface area (Å²) >= 11 is 0. The van der Waals surface area contributed by atoms with E-state index in [9.17, 15) is 34.5 Å². The van der Waals surface area contributed by atoms with Gasteiger partial charge in [-0.2, -0.15) is 0 Å². The number of aliphatic carboxylic acids is 1. The second kappa shape index (κ2) is 48.3. The summed E-state index contributed by atoms with van der Waals surface area (Å²) in [6, 6.07) is 0. The number of rotatable bonds is 45. The zero-order valence-corrected chi connectivity index (χ0v) is 45.1. The van der Waals surface area contributed by atoms with E-state index in [1.807, 2.05) is 30.4 Å². The quantitative estimate of drug-likeness (QED) is 0.0228. The van der Waals surface area contributed by atoms with Crippen LogP contribution in [0.1, 0.15) is 201 Å². The molecule has 0 aromatic heterocycles. The minimum Gasteiger partial charge on any atom is -0.479 e. The van der Waals surface area contributed by atoms with Crippen LogP contribution in [0, 0.1) is 0 Å². The van der Waals surface area contributed by atoms with Crippen molar-refractivity contribution in [2.24, 2.45) is 0 Å². The third-order valence-electron chi connectivity index (χ3n) is 11.8. The molecule has 0 radical (unpaired) electrons. The number of hydrogen-bond donors (Lipinski definition) is 3. The minimum absolute atomic E-state index is 0.0278. The molecule has 73 heavy (non-hydrogen) atoms. The van der Waals surface area contributed by atoms with Gasteiger partial charge in [-0.3, -0.25) is 14.4 Å². The first kappa shape index (κ1) is 66.4. The predicted molar refractivity (Wildman–Crippen MR) is 294 cm³/mol. The zero-order valence-electron chi connectivity index (χ0n) is 45.1. The highest BCUT2D eigenvalue weighted by atomic mass is 16.7. The van der Waals surface area contributed by atoms with Gasteiger partial charge in [0.15, 0.2) is 24.6 Å². The number of allylic oxidation sites excluding steroid dienone is 18. The lowest BCUT2D eigenvalue weighted by Gasteiger charge is -2.40. The largest absolute Gasteiger partial charge is 0.479 e.